The Morgan fingerprint density at radius 2 is 1.71 bits per heavy atom. The molecule has 1 radical (unpaired) electrons. The van der Waals surface area contributed by atoms with Crippen LogP contribution >= 0.6 is 0 Å². The van der Waals surface area contributed by atoms with Gasteiger partial charge in [-0.1, -0.05) is 69.3 Å². The Labute approximate surface area is 117 Å². The van der Waals surface area contributed by atoms with Crippen molar-refractivity contribution in [2.45, 2.75) is 27.2 Å². The fourth-order valence-electron chi connectivity index (χ4n) is 1.14. The SMILES string of the molecule is C=C/C(=C\C)C(=N)c1ccccc1.CCC.[V]. The van der Waals surface area contributed by atoms with Gasteiger partial charge in [0.2, 0.25) is 0 Å². The van der Waals surface area contributed by atoms with Crippen LogP contribution in [-0.4, -0.2) is 5.71 Å². The monoisotopic (exact) mass is 266 g/mol. The van der Waals surface area contributed by atoms with E-state index in [4.69, 9.17) is 5.41 Å². The Kier molecular flexibility index (Phi) is 12.3. The van der Waals surface area contributed by atoms with Gasteiger partial charge in [-0.25, -0.2) is 0 Å². The summed E-state index contributed by atoms with van der Waals surface area (Å²) in [7, 11) is 0. The van der Waals surface area contributed by atoms with Crippen molar-refractivity contribution in [3.8, 4) is 0 Å². The summed E-state index contributed by atoms with van der Waals surface area (Å²) in [6.45, 7) is 9.83. The summed E-state index contributed by atoms with van der Waals surface area (Å²) in [6, 6.07) is 9.66. The topological polar surface area (TPSA) is 23.9 Å². The van der Waals surface area contributed by atoms with Crippen molar-refractivity contribution in [3.63, 3.8) is 0 Å². The number of benzene rings is 1. The summed E-state index contributed by atoms with van der Waals surface area (Å²) in [5, 5.41) is 7.85. The van der Waals surface area contributed by atoms with Crippen LogP contribution in [-0.2, 0) is 18.6 Å². The van der Waals surface area contributed by atoms with Crippen LogP contribution in [0.4, 0.5) is 0 Å². The molecule has 1 N–H and O–H groups in total. The quantitative estimate of drug-likeness (QED) is 0.610. The standard InChI is InChI=1S/C12H13N.C3H8.V/c1-3-10(4-2)12(13)11-8-6-5-7-9-11;1-3-2;/h3-9,13H,1H2,2H3;3H2,1-2H3;/b10-4+,13-12?;;. The second-order valence-electron chi connectivity index (χ2n) is 3.40. The predicted molar refractivity (Wildman–Crippen MR) is 73.2 cm³/mol. The van der Waals surface area contributed by atoms with E-state index in [2.05, 4.69) is 20.4 Å². The van der Waals surface area contributed by atoms with Crippen molar-refractivity contribution < 1.29 is 18.6 Å². The van der Waals surface area contributed by atoms with Gasteiger partial charge in [0.05, 0.1) is 5.71 Å². The Hall–Kier alpha value is -1.05. The van der Waals surface area contributed by atoms with E-state index < -0.39 is 0 Å². The van der Waals surface area contributed by atoms with E-state index in [9.17, 15) is 0 Å². The molecular formula is C15H21NV. The molecule has 0 fully saturated rings. The molecule has 0 unspecified atom stereocenters. The first-order valence-corrected chi connectivity index (χ1v) is 5.64. The summed E-state index contributed by atoms with van der Waals surface area (Å²) >= 11 is 0. The third-order valence-electron chi connectivity index (χ3n) is 1.88. The molecule has 1 nitrogen and oxygen atoms in total. The van der Waals surface area contributed by atoms with E-state index >= 15 is 0 Å². The molecule has 2 heteroatoms. The smallest absolute Gasteiger partial charge is 0.0680 e. The van der Waals surface area contributed by atoms with Gasteiger partial charge in [-0.2, -0.15) is 0 Å². The maximum Gasteiger partial charge on any atom is 0.0680 e. The molecule has 0 aliphatic carbocycles. The van der Waals surface area contributed by atoms with Crippen molar-refractivity contribution in [1.82, 2.24) is 0 Å². The van der Waals surface area contributed by atoms with E-state index in [0.29, 0.717) is 5.71 Å². The Morgan fingerprint density at radius 1 is 1.24 bits per heavy atom. The minimum absolute atomic E-state index is 0. The van der Waals surface area contributed by atoms with Crippen LogP contribution in [0.2, 0.25) is 0 Å². The largest absolute Gasteiger partial charge is 0.300 e. The fourth-order valence-corrected chi connectivity index (χ4v) is 1.14. The third kappa shape index (κ3) is 6.99. The van der Waals surface area contributed by atoms with Crippen LogP contribution in [0.1, 0.15) is 32.8 Å². The Morgan fingerprint density at radius 3 is 2.06 bits per heavy atom. The van der Waals surface area contributed by atoms with E-state index in [1.165, 1.54) is 6.42 Å². The number of rotatable bonds is 3. The molecule has 0 atom stereocenters. The van der Waals surface area contributed by atoms with Crippen LogP contribution < -0.4 is 0 Å². The molecule has 91 valence electrons. The summed E-state index contributed by atoms with van der Waals surface area (Å²) < 4.78 is 0. The van der Waals surface area contributed by atoms with E-state index in [1.807, 2.05) is 43.3 Å². The number of hydrogen-bond donors (Lipinski definition) is 1. The molecule has 0 spiro atoms. The second-order valence-corrected chi connectivity index (χ2v) is 3.40. The molecule has 1 aromatic carbocycles. The average molecular weight is 266 g/mol. The minimum atomic E-state index is 0. The van der Waals surface area contributed by atoms with Gasteiger partial charge in [0.25, 0.3) is 0 Å². The van der Waals surface area contributed by atoms with E-state index in [0.717, 1.165) is 11.1 Å². The van der Waals surface area contributed by atoms with Gasteiger partial charge in [0.15, 0.2) is 0 Å². The van der Waals surface area contributed by atoms with Crippen LogP contribution in [0.15, 0.2) is 54.6 Å². The maximum atomic E-state index is 7.85. The zero-order valence-electron chi connectivity index (χ0n) is 10.9. The number of hydrogen-bond acceptors (Lipinski definition) is 1. The first-order chi connectivity index (χ1) is 7.71. The molecule has 0 saturated carbocycles. The van der Waals surface area contributed by atoms with Gasteiger partial charge < -0.3 is 0 Å². The van der Waals surface area contributed by atoms with Crippen molar-refractivity contribution in [2.24, 2.45) is 0 Å². The molecule has 0 aliphatic rings. The fraction of sp³-hybridized carbons (Fsp3) is 0.267. The molecule has 0 saturated heterocycles. The Balaban J connectivity index is 0. The summed E-state index contributed by atoms with van der Waals surface area (Å²) in [4.78, 5) is 0. The first kappa shape index (κ1) is 18.3. The van der Waals surface area contributed by atoms with Gasteiger partial charge in [0, 0.05) is 18.6 Å². The van der Waals surface area contributed by atoms with Crippen LogP contribution in [0.3, 0.4) is 0 Å². The number of allylic oxidation sites excluding steroid dienone is 3. The van der Waals surface area contributed by atoms with Crippen molar-refractivity contribution >= 4 is 5.71 Å². The zero-order valence-corrected chi connectivity index (χ0v) is 12.3. The first-order valence-electron chi connectivity index (χ1n) is 5.64. The summed E-state index contributed by atoms with van der Waals surface area (Å²) in [6.07, 6.45) is 4.84. The van der Waals surface area contributed by atoms with Gasteiger partial charge in [0.1, 0.15) is 0 Å². The zero-order chi connectivity index (χ0) is 12.4. The number of nitrogens with one attached hydrogen (secondary N) is 1. The second kappa shape index (κ2) is 11.4. The summed E-state index contributed by atoms with van der Waals surface area (Å²) in [5.41, 5.74) is 2.32. The molecule has 0 heterocycles. The molecule has 0 aromatic heterocycles. The summed E-state index contributed by atoms with van der Waals surface area (Å²) in [5.74, 6) is 0. The van der Waals surface area contributed by atoms with Crippen LogP contribution in [0, 0.1) is 5.41 Å². The molecular weight excluding hydrogens is 245 g/mol. The van der Waals surface area contributed by atoms with Crippen molar-refractivity contribution in [2.75, 3.05) is 0 Å². The normalized spacial score (nSPS) is 9.47. The van der Waals surface area contributed by atoms with Gasteiger partial charge in [-0.15, -0.1) is 0 Å². The Bertz CT molecular complexity index is 352. The molecule has 0 bridgehead atoms. The molecule has 1 rings (SSSR count). The van der Waals surface area contributed by atoms with E-state index in [-0.39, 0.29) is 18.6 Å². The van der Waals surface area contributed by atoms with Crippen molar-refractivity contribution in [3.05, 3.63) is 60.2 Å². The maximum absolute atomic E-state index is 7.85. The molecule has 0 aliphatic heterocycles. The predicted octanol–water partition coefficient (Wildman–Crippen LogP) is 4.60. The van der Waals surface area contributed by atoms with Crippen molar-refractivity contribution in [1.29, 1.82) is 5.41 Å². The van der Waals surface area contributed by atoms with Gasteiger partial charge in [-0.3, -0.25) is 5.41 Å². The molecule has 17 heavy (non-hydrogen) atoms. The van der Waals surface area contributed by atoms with Gasteiger partial charge >= 0.3 is 0 Å². The van der Waals surface area contributed by atoms with Gasteiger partial charge in [-0.05, 0) is 18.1 Å². The third-order valence-corrected chi connectivity index (χ3v) is 1.88. The molecule has 1 aromatic rings. The molecule has 0 amide bonds. The van der Waals surface area contributed by atoms with Crippen LogP contribution in [0.25, 0.3) is 0 Å². The average Bonchev–Trinajstić information content (AvgIpc) is 2.32. The van der Waals surface area contributed by atoms with Crippen LogP contribution in [0.5, 0.6) is 0 Å². The van der Waals surface area contributed by atoms with E-state index in [1.54, 1.807) is 6.08 Å². The minimum Gasteiger partial charge on any atom is -0.300 e.